The summed E-state index contributed by atoms with van der Waals surface area (Å²) >= 11 is 0. The molecule has 0 fully saturated rings. The molecule has 1 aromatic rings. The fourth-order valence-corrected chi connectivity index (χ4v) is 1.73. The molecular formula is C13H20FN3O. The van der Waals surface area contributed by atoms with Crippen LogP contribution in [0.5, 0.6) is 0 Å². The number of para-hydroxylation sites is 1. The SMILES string of the molecule is CCN(CC)C(=O)CCNc1cccc(F)c1N. The van der Waals surface area contributed by atoms with Crippen molar-refractivity contribution in [2.75, 3.05) is 30.7 Å². The topological polar surface area (TPSA) is 58.4 Å². The van der Waals surface area contributed by atoms with Gasteiger partial charge >= 0.3 is 0 Å². The molecule has 0 radical (unpaired) electrons. The number of carbonyl (C=O) groups excluding carboxylic acids is 1. The van der Waals surface area contributed by atoms with Gasteiger partial charge < -0.3 is 16.0 Å². The third-order valence-corrected chi connectivity index (χ3v) is 2.82. The molecular weight excluding hydrogens is 233 g/mol. The first-order valence-electron chi connectivity index (χ1n) is 6.15. The lowest BCUT2D eigenvalue weighted by molar-refractivity contribution is -0.130. The highest BCUT2D eigenvalue weighted by molar-refractivity contribution is 5.77. The van der Waals surface area contributed by atoms with Crippen molar-refractivity contribution in [3.8, 4) is 0 Å². The van der Waals surface area contributed by atoms with Gasteiger partial charge in [-0.1, -0.05) is 6.07 Å². The molecule has 0 aliphatic carbocycles. The van der Waals surface area contributed by atoms with Gasteiger partial charge in [0, 0.05) is 26.1 Å². The van der Waals surface area contributed by atoms with Crippen LogP contribution in [0.15, 0.2) is 18.2 Å². The Balaban J connectivity index is 2.47. The van der Waals surface area contributed by atoms with E-state index in [0.717, 1.165) is 0 Å². The van der Waals surface area contributed by atoms with Crippen LogP contribution in [0, 0.1) is 5.82 Å². The van der Waals surface area contributed by atoms with Gasteiger partial charge in [0.25, 0.3) is 0 Å². The van der Waals surface area contributed by atoms with Gasteiger partial charge in [-0.05, 0) is 26.0 Å². The van der Waals surface area contributed by atoms with E-state index < -0.39 is 5.82 Å². The minimum atomic E-state index is -0.449. The molecule has 4 nitrogen and oxygen atoms in total. The molecule has 0 saturated carbocycles. The lowest BCUT2D eigenvalue weighted by atomic mass is 10.2. The van der Waals surface area contributed by atoms with E-state index in [4.69, 9.17) is 5.73 Å². The van der Waals surface area contributed by atoms with Gasteiger partial charge in [-0.15, -0.1) is 0 Å². The number of amides is 1. The van der Waals surface area contributed by atoms with Gasteiger partial charge in [-0.3, -0.25) is 4.79 Å². The van der Waals surface area contributed by atoms with Crippen molar-refractivity contribution in [1.29, 1.82) is 0 Å². The fourth-order valence-electron chi connectivity index (χ4n) is 1.73. The Morgan fingerprint density at radius 3 is 2.67 bits per heavy atom. The number of rotatable bonds is 6. The molecule has 0 aliphatic heterocycles. The molecule has 1 aromatic carbocycles. The van der Waals surface area contributed by atoms with Crippen molar-refractivity contribution < 1.29 is 9.18 Å². The van der Waals surface area contributed by atoms with Crippen LogP contribution >= 0.6 is 0 Å². The Hall–Kier alpha value is -1.78. The molecule has 0 saturated heterocycles. The summed E-state index contributed by atoms with van der Waals surface area (Å²) in [5.41, 5.74) is 6.20. The highest BCUT2D eigenvalue weighted by Crippen LogP contribution is 2.20. The van der Waals surface area contributed by atoms with E-state index in [1.807, 2.05) is 13.8 Å². The molecule has 18 heavy (non-hydrogen) atoms. The second-order valence-electron chi connectivity index (χ2n) is 3.94. The molecule has 0 atom stereocenters. The average Bonchev–Trinajstić information content (AvgIpc) is 2.36. The van der Waals surface area contributed by atoms with E-state index in [-0.39, 0.29) is 11.6 Å². The standard InChI is InChI=1S/C13H20FN3O/c1-3-17(4-2)12(18)8-9-16-11-7-5-6-10(14)13(11)15/h5-7,16H,3-4,8-9,15H2,1-2H3. The van der Waals surface area contributed by atoms with E-state index in [0.29, 0.717) is 31.7 Å². The lowest BCUT2D eigenvalue weighted by Gasteiger charge is -2.19. The van der Waals surface area contributed by atoms with Crippen LogP contribution in [0.3, 0.4) is 0 Å². The third-order valence-electron chi connectivity index (χ3n) is 2.82. The maximum absolute atomic E-state index is 13.2. The zero-order valence-corrected chi connectivity index (χ0v) is 10.9. The number of nitrogens with zero attached hydrogens (tertiary/aromatic N) is 1. The van der Waals surface area contributed by atoms with Crippen molar-refractivity contribution >= 4 is 17.3 Å². The van der Waals surface area contributed by atoms with Gasteiger partial charge in [0.2, 0.25) is 5.91 Å². The Morgan fingerprint density at radius 2 is 2.06 bits per heavy atom. The Kier molecular flexibility index (Phi) is 5.42. The number of benzene rings is 1. The number of nitrogens with one attached hydrogen (secondary N) is 1. The maximum Gasteiger partial charge on any atom is 0.224 e. The minimum absolute atomic E-state index is 0.0856. The van der Waals surface area contributed by atoms with Crippen LogP contribution in [0.25, 0.3) is 0 Å². The minimum Gasteiger partial charge on any atom is -0.395 e. The zero-order valence-electron chi connectivity index (χ0n) is 10.9. The molecule has 0 bridgehead atoms. The summed E-state index contributed by atoms with van der Waals surface area (Å²) in [4.78, 5) is 13.5. The largest absolute Gasteiger partial charge is 0.395 e. The second kappa shape index (κ2) is 6.83. The van der Waals surface area contributed by atoms with Crippen LogP contribution < -0.4 is 11.1 Å². The van der Waals surface area contributed by atoms with Crippen molar-refractivity contribution in [2.24, 2.45) is 0 Å². The Bertz CT molecular complexity index is 405. The number of halogens is 1. The van der Waals surface area contributed by atoms with E-state index in [1.54, 1.807) is 17.0 Å². The van der Waals surface area contributed by atoms with Crippen molar-refractivity contribution in [3.05, 3.63) is 24.0 Å². The fraction of sp³-hybridized carbons (Fsp3) is 0.462. The summed E-state index contributed by atoms with van der Waals surface area (Å²) in [6, 6.07) is 4.59. The van der Waals surface area contributed by atoms with Crippen molar-refractivity contribution in [1.82, 2.24) is 4.90 Å². The molecule has 1 amide bonds. The third kappa shape index (κ3) is 3.61. The number of nitrogen functional groups attached to an aromatic ring is 1. The van der Waals surface area contributed by atoms with Gasteiger partial charge in [0.05, 0.1) is 11.4 Å². The molecule has 100 valence electrons. The lowest BCUT2D eigenvalue weighted by Crippen LogP contribution is -2.31. The van der Waals surface area contributed by atoms with Crippen LogP contribution in [-0.2, 0) is 4.79 Å². The molecule has 0 heterocycles. The van der Waals surface area contributed by atoms with E-state index >= 15 is 0 Å². The smallest absolute Gasteiger partial charge is 0.224 e. The van der Waals surface area contributed by atoms with E-state index in [2.05, 4.69) is 5.32 Å². The predicted molar refractivity (Wildman–Crippen MR) is 71.8 cm³/mol. The zero-order chi connectivity index (χ0) is 13.5. The van der Waals surface area contributed by atoms with E-state index in [9.17, 15) is 9.18 Å². The summed E-state index contributed by atoms with van der Waals surface area (Å²) < 4.78 is 13.2. The van der Waals surface area contributed by atoms with Gasteiger partial charge in [-0.2, -0.15) is 0 Å². The normalized spacial score (nSPS) is 10.2. The van der Waals surface area contributed by atoms with Crippen molar-refractivity contribution in [3.63, 3.8) is 0 Å². The number of nitrogens with two attached hydrogens (primary N) is 1. The number of anilines is 2. The van der Waals surface area contributed by atoms with Gasteiger partial charge in [0.1, 0.15) is 5.82 Å². The summed E-state index contributed by atoms with van der Waals surface area (Å²) in [7, 11) is 0. The molecule has 1 rings (SSSR count). The number of carbonyl (C=O) groups is 1. The molecule has 0 unspecified atom stereocenters. The number of hydrogen-bond acceptors (Lipinski definition) is 3. The molecule has 5 heteroatoms. The van der Waals surface area contributed by atoms with Crippen LogP contribution in [0.1, 0.15) is 20.3 Å². The number of hydrogen-bond donors (Lipinski definition) is 2. The van der Waals surface area contributed by atoms with Crippen LogP contribution in [0.4, 0.5) is 15.8 Å². The molecule has 0 aromatic heterocycles. The summed E-state index contributed by atoms with van der Waals surface area (Å²) in [5, 5.41) is 2.98. The summed E-state index contributed by atoms with van der Waals surface area (Å²) in [6.45, 7) is 5.75. The molecule has 0 aliphatic rings. The van der Waals surface area contributed by atoms with Crippen LogP contribution in [-0.4, -0.2) is 30.4 Å². The first kappa shape index (κ1) is 14.3. The Labute approximate surface area is 107 Å². The summed E-state index contributed by atoms with van der Waals surface area (Å²) in [6.07, 6.45) is 0.373. The molecule has 0 spiro atoms. The monoisotopic (exact) mass is 253 g/mol. The second-order valence-corrected chi connectivity index (χ2v) is 3.94. The first-order valence-corrected chi connectivity index (χ1v) is 6.15. The predicted octanol–water partition coefficient (Wildman–Crippen LogP) is 2.08. The first-order chi connectivity index (χ1) is 8.60. The Morgan fingerprint density at radius 1 is 1.39 bits per heavy atom. The van der Waals surface area contributed by atoms with Crippen LogP contribution in [0.2, 0.25) is 0 Å². The summed E-state index contributed by atoms with van der Waals surface area (Å²) in [5.74, 6) is -0.363. The van der Waals surface area contributed by atoms with E-state index in [1.165, 1.54) is 6.07 Å². The van der Waals surface area contributed by atoms with Crippen molar-refractivity contribution in [2.45, 2.75) is 20.3 Å². The molecule has 3 N–H and O–H groups in total. The highest BCUT2D eigenvalue weighted by atomic mass is 19.1. The average molecular weight is 253 g/mol. The van der Waals surface area contributed by atoms with Gasteiger partial charge in [0.15, 0.2) is 0 Å². The maximum atomic E-state index is 13.2. The quantitative estimate of drug-likeness (QED) is 0.763. The van der Waals surface area contributed by atoms with Gasteiger partial charge in [-0.25, -0.2) is 4.39 Å². The highest BCUT2D eigenvalue weighted by Gasteiger charge is 2.09.